The van der Waals surface area contributed by atoms with Crippen molar-refractivity contribution in [2.75, 3.05) is 0 Å². The molecule has 0 aliphatic carbocycles. The number of phenolic OH excluding ortho intramolecular Hbond substituents is 1. The van der Waals surface area contributed by atoms with E-state index in [0.29, 0.717) is 5.75 Å². The minimum Gasteiger partial charge on any atom is -0.507 e. The summed E-state index contributed by atoms with van der Waals surface area (Å²) >= 11 is 0. The summed E-state index contributed by atoms with van der Waals surface area (Å²) in [4.78, 5) is 0. The molecule has 0 saturated carbocycles. The first kappa shape index (κ1) is 15.0. The highest BCUT2D eigenvalue weighted by Gasteiger charge is 2.11. The van der Waals surface area contributed by atoms with E-state index in [-0.39, 0.29) is 18.4 Å². The summed E-state index contributed by atoms with van der Waals surface area (Å²) in [5.74, 6) is 0.358. The number of halogens is 1. The predicted octanol–water partition coefficient (Wildman–Crippen LogP) is 3.34. The van der Waals surface area contributed by atoms with E-state index in [0.717, 1.165) is 30.4 Å². The number of hydrogen-bond donors (Lipinski definition) is 2. The van der Waals surface area contributed by atoms with Gasteiger partial charge in [0.1, 0.15) is 5.75 Å². The van der Waals surface area contributed by atoms with Crippen LogP contribution in [0.2, 0.25) is 0 Å². The molecule has 0 radical (unpaired) electrons. The van der Waals surface area contributed by atoms with E-state index in [1.54, 1.807) is 0 Å². The zero-order valence-corrected chi connectivity index (χ0v) is 10.5. The summed E-state index contributed by atoms with van der Waals surface area (Å²) < 4.78 is 0. The molecule has 1 atom stereocenters. The van der Waals surface area contributed by atoms with Gasteiger partial charge in [-0.1, -0.05) is 31.2 Å². The molecule has 16 heavy (non-hydrogen) atoms. The Morgan fingerprint density at radius 3 is 2.75 bits per heavy atom. The van der Waals surface area contributed by atoms with Crippen LogP contribution in [0.5, 0.6) is 5.75 Å². The molecule has 3 heteroatoms. The van der Waals surface area contributed by atoms with Crippen molar-refractivity contribution >= 4 is 12.4 Å². The van der Waals surface area contributed by atoms with Gasteiger partial charge in [-0.2, -0.15) is 0 Å². The van der Waals surface area contributed by atoms with E-state index < -0.39 is 0 Å². The maximum Gasteiger partial charge on any atom is 0.123 e. The molecule has 0 aliphatic rings. The normalized spacial score (nSPS) is 11.6. The van der Waals surface area contributed by atoms with Gasteiger partial charge in [0.25, 0.3) is 0 Å². The van der Waals surface area contributed by atoms with Crippen LogP contribution in [0.4, 0.5) is 0 Å². The number of hydrogen-bond acceptors (Lipinski definition) is 2. The van der Waals surface area contributed by atoms with Gasteiger partial charge in [-0.15, -0.1) is 19.0 Å². The molecule has 3 N–H and O–H groups in total. The second-order valence-electron chi connectivity index (χ2n) is 3.68. The summed E-state index contributed by atoms with van der Waals surface area (Å²) in [7, 11) is 0. The van der Waals surface area contributed by atoms with Crippen LogP contribution in [0.1, 0.15) is 36.9 Å². The molecular formula is C13H20ClNO. The maximum atomic E-state index is 9.95. The number of allylic oxidation sites excluding steroid dienone is 1. The third-order valence-electron chi connectivity index (χ3n) is 2.61. The Kier molecular flexibility index (Phi) is 6.86. The lowest BCUT2D eigenvalue weighted by Gasteiger charge is -2.14. The van der Waals surface area contributed by atoms with Crippen LogP contribution >= 0.6 is 12.4 Å². The highest BCUT2D eigenvalue weighted by atomic mass is 35.5. The van der Waals surface area contributed by atoms with Gasteiger partial charge < -0.3 is 10.8 Å². The fraction of sp³-hybridized carbons (Fsp3) is 0.385. The summed E-state index contributed by atoms with van der Waals surface area (Å²) in [6.07, 6.45) is 4.37. The van der Waals surface area contributed by atoms with E-state index in [1.165, 1.54) is 0 Å². The molecule has 1 aromatic carbocycles. The van der Waals surface area contributed by atoms with Gasteiger partial charge in [0.15, 0.2) is 0 Å². The number of para-hydroxylation sites is 1. The minimum atomic E-state index is -0.102. The van der Waals surface area contributed by atoms with Crippen molar-refractivity contribution in [1.29, 1.82) is 0 Å². The van der Waals surface area contributed by atoms with Crippen LogP contribution in [-0.4, -0.2) is 5.11 Å². The molecule has 0 amide bonds. The first-order valence-corrected chi connectivity index (χ1v) is 5.38. The molecule has 0 spiro atoms. The lowest BCUT2D eigenvalue weighted by Crippen LogP contribution is -2.10. The molecule has 0 aromatic heterocycles. The fourth-order valence-electron chi connectivity index (χ4n) is 1.65. The van der Waals surface area contributed by atoms with Gasteiger partial charge in [-0.05, 0) is 24.8 Å². The number of aryl methyl sites for hydroxylation is 1. The van der Waals surface area contributed by atoms with Gasteiger partial charge in [-0.25, -0.2) is 0 Å². The summed E-state index contributed by atoms with van der Waals surface area (Å²) in [6, 6.07) is 5.66. The first-order chi connectivity index (χ1) is 7.20. The quantitative estimate of drug-likeness (QED) is 0.777. The molecule has 2 nitrogen and oxygen atoms in total. The van der Waals surface area contributed by atoms with Crippen molar-refractivity contribution in [3.05, 3.63) is 42.0 Å². The molecule has 1 aromatic rings. The van der Waals surface area contributed by atoms with Crippen molar-refractivity contribution in [1.82, 2.24) is 0 Å². The third-order valence-corrected chi connectivity index (χ3v) is 2.61. The van der Waals surface area contributed by atoms with Gasteiger partial charge >= 0.3 is 0 Å². The summed E-state index contributed by atoms with van der Waals surface area (Å²) in [6.45, 7) is 5.69. The van der Waals surface area contributed by atoms with E-state index >= 15 is 0 Å². The monoisotopic (exact) mass is 241 g/mol. The molecule has 0 bridgehead atoms. The van der Waals surface area contributed by atoms with Crippen molar-refractivity contribution in [3.8, 4) is 5.75 Å². The average Bonchev–Trinajstić information content (AvgIpc) is 2.26. The SMILES string of the molecule is C=CCC[C@@H](N)c1cccc(CC)c1O.Cl. The molecule has 1 rings (SSSR count). The Morgan fingerprint density at radius 2 is 2.19 bits per heavy atom. The van der Waals surface area contributed by atoms with Gasteiger partial charge in [0.2, 0.25) is 0 Å². The third kappa shape index (κ3) is 3.54. The van der Waals surface area contributed by atoms with Crippen LogP contribution in [-0.2, 0) is 6.42 Å². The average molecular weight is 242 g/mol. The highest BCUT2D eigenvalue weighted by Crippen LogP contribution is 2.29. The first-order valence-electron chi connectivity index (χ1n) is 5.38. The van der Waals surface area contributed by atoms with Crippen molar-refractivity contribution in [2.45, 2.75) is 32.2 Å². The summed E-state index contributed by atoms with van der Waals surface area (Å²) in [5.41, 5.74) is 7.80. The number of benzene rings is 1. The van der Waals surface area contributed by atoms with Crippen molar-refractivity contribution < 1.29 is 5.11 Å². The van der Waals surface area contributed by atoms with Crippen LogP contribution in [0.3, 0.4) is 0 Å². The molecule has 0 aliphatic heterocycles. The van der Waals surface area contributed by atoms with Crippen LogP contribution in [0.15, 0.2) is 30.9 Å². The number of aromatic hydroxyl groups is 1. The number of nitrogens with two attached hydrogens (primary N) is 1. The van der Waals surface area contributed by atoms with E-state index in [2.05, 4.69) is 6.58 Å². The molecule has 90 valence electrons. The van der Waals surface area contributed by atoms with Crippen molar-refractivity contribution in [3.63, 3.8) is 0 Å². The molecule has 0 fully saturated rings. The fourth-order valence-corrected chi connectivity index (χ4v) is 1.65. The highest BCUT2D eigenvalue weighted by molar-refractivity contribution is 5.85. The lowest BCUT2D eigenvalue weighted by molar-refractivity contribution is 0.452. The topological polar surface area (TPSA) is 46.2 Å². The minimum absolute atomic E-state index is 0. The summed E-state index contributed by atoms with van der Waals surface area (Å²) in [5, 5.41) is 9.95. The van der Waals surface area contributed by atoms with E-state index in [4.69, 9.17) is 5.73 Å². The maximum absolute atomic E-state index is 9.95. The second-order valence-corrected chi connectivity index (χ2v) is 3.68. The van der Waals surface area contributed by atoms with Crippen LogP contribution in [0.25, 0.3) is 0 Å². The smallest absolute Gasteiger partial charge is 0.123 e. The Labute approximate surface area is 104 Å². The Bertz CT molecular complexity index is 339. The van der Waals surface area contributed by atoms with Crippen molar-refractivity contribution in [2.24, 2.45) is 5.73 Å². The number of phenols is 1. The largest absolute Gasteiger partial charge is 0.507 e. The van der Waals surface area contributed by atoms with Crippen LogP contribution in [0, 0.1) is 0 Å². The molecule has 0 heterocycles. The lowest BCUT2D eigenvalue weighted by atomic mass is 9.98. The molecular weight excluding hydrogens is 222 g/mol. The van der Waals surface area contributed by atoms with Gasteiger partial charge in [0, 0.05) is 11.6 Å². The Balaban J connectivity index is 0.00000225. The zero-order valence-electron chi connectivity index (χ0n) is 9.65. The van der Waals surface area contributed by atoms with E-state index in [9.17, 15) is 5.11 Å². The zero-order chi connectivity index (χ0) is 11.3. The van der Waals surface area contributed by atoms with Crippen LogP contribution < -0.4 is 5.73 Å². The van der Waals surface area contributed by atoms with E-state index in [1.807, 2.05) is 31.2 Å². The van der Waals surface area contributed by atoms with Gasteiger partial charge in [0.05, 0.1) is 0 Å². The second kappa shape index (κ2) is 7.31. The Morgan fingerprint density at radius 1 is 1.50 bits per heavy atom. The predicted molar refractivity (Wildman–Crippen MR) is 71.1 cm³/mol. The standard InChI is InChI=1S/C13H19NO.ClH/c1-3-5-9-12(14)11-8-6-7-10(4-2)13(11)15;/h3,6-8,12,15H,1,4-5,9,14H2,2H3;1H/t12-;/m1./s1. The molecule has 0 saturated heterocycles. The molecule has 0 unspecified atom stereocenters. The Hall–Kier alpha value is -0.990. The van der Waals surface area contributed by atoms with Gasteiger partial charge in [-0.3, -0.25) is 0 Å². The number of rotatable bonds is 5.